The van der Waals surface area contributed by atoms with Crippen LogP contribution in [0.3, 0.4) is 0 Å². The van der Waals surface area contributed by atoms with E-state index >= 15 is 0 Å². The van der Waals surface area contributed by atoms with Crippen LogP contribution in [0.4, 0.5) is 19.0 Å². The monoisotopic (exact) mass is 506 g/mol. The Morgan fingerprint density at radius 3 is 2.22 bits per heavy atom. The zero-order valence-electron chi connectivity index (χ0n) is 19.8. The van der Waals surface area contributed by atoms with Gasteiger partial charge in [-0.25, -0.2) is 9.78 Å². The van der Waals surface area contributed by atoms with Crippen molar-refractivity contribution in [1.29, 1.82) is 0 Å². The zero-order valence-corrected chi connectivity index (χ0v) is 19.8. The number of amides is 1. The molecule has 2 aromatic rings. The van der Waals surface area contributed by atoms with E-state index in [1.54, 1.807) is 6.20 Å². The Morgan fingerprint density at radius 1 is 0.944 bits per heavy atom. The van der Waals surface area contributed by atoms with Crippen molar-refractivity contribution in [2.75, 3.05) is 44.2 Å². The fourth-order valence-electron chi connectivity index (χ4n) is 4.10. The number of carboxylic acid groups (broad SMARTS) is 1. The number of piperazine rings is 1. The Kier molecular flexibility index (Phi) is 9.40. The minimum atomic E-state index is -5.08. The van der Waals surface area contributed by atoms with Gasteiger partial charge in [-0.05, 0) is 55.3 Å². The molecule has 0 saturated carbocycles. The molecule has 1 aromatic heterocycles. The van der Waals surface area contributed by atoms with E-state index < -0.39 is 12.1 Å². The minimum absolute atomic E-state index is 0.0606. The molecule has 8 nitrogen and oxygen atoms in total. The first-order chi connectivity index (χ1) is 17.1. The number of nitrogens with zero attached hydrogens (tertiary/aromatic N) is 3. The predicted octanol–water partition coefficient (Wildman–Crippen LogP) is 2.71. The standard InChI is InChI=1S/C23H28N4O2.C2HF3O2/c28-21(20-5-4-18-8-11-24-12-9-19(18)17-20)6-7-23(29)27-15-13-26(14-16-27)22-3-1-2-10-25-22;3-2(4,5)1(6)7/h1-5,10,17,24H,6-9,11-16H2;(H,6,7). The Hall–Kier alpha value is -3.47. The highest BCUT2D eigenvalue weighted by molar-refractivity contribution is 5.98. The topological polar surface area (TPSA) is 103 Å². The number of aliphatic carboxylic acids is 1. The molecule has 194 valence electrons. The second-order valence-electron chi connectivity index (χ2n) is 8.52. The summed E-state index contributed by atoms with van der Waals surface area (Å²) in [6, 6.07) is 11.9. The average molecular weight is 507 g/mol. The Balaban J connectivity index is 0.000000454. The number of benzene rings is 1. The molecule has 0 aliphatic carbocycles. The number of carbonyl (C=O) groups is 3. The van der Waals surface area contributed by atoms with Gasteiger partial charge < -0.3 is 20.2 Å². The first-order valence-electron chi connectivity index (χ1n) is 11.7. The van der Waals surface area contributed by atoms with E-state index in [2.05, 4.69) is 21.3 Å². The smallest absolute Gasteiger partial charge is 0.475 e. The zero-order chi connectivity index (χ0) is 26.1. The molecule has 11 heteroatoms. The third kappa shape index (κ3) is 7.77. The Morgan fingerprint density at radius 2 is 1.61 bits per heavy atom. The summed E-state index contributed by atoms with van der Waals surface area (Å²) in [6.45, 7) is 4.84. The first-order valence-corrected chi connectivity index (χ1v) is 11.7. The number of pyridine rings is 1. The SMILES string of the molecule is O=C(CCC(=O)N1CCN(c2ccccn2)CC1)c1ccc2c(c1)CCNCC2.O=C(O)C(F)(F)F. The molecule has 0 bridgehead atoms. The molecule has 3 heterocycles. The van der Waals surface area contributed by atoms with Gasteiger partial charge in [0.1, 0.15) is 5.82 Å². The van der Waals surface area contributed by atoms with Crippen LogP contribution in [0.15, 0.2) is 42.6 Å². The summed E-state index contributed by atoms with van der Waals surface area (Å²) in [5.74, 6) is -1.68. The highest BCUT2D eigenvalue weighted by Crippen LogP contribution is 2.18. The third-order valence-corrected chi connectivity index (χ3v) is 6.08. The van der Waals surface area contributed by atoms with Gasteiger partial charge in [0, 0.05) is 50.8 Å². The first kappa shape index (κ1) is 27.1. The van der Waals surface area contributed by atoms with E-state index in [1.165, 1.54) is 11.1 Å². The van der Waals surface area contributed by atoms with Gasteiger partial charge in [0.25, 0.3) is 0 Å². The number of hydrogen-bond donors (Lipinski definition) is 2. The number of fused-ring (bicyclic) bond motifs is 1. The van der Waals surface area contributed by atoms with Crippen LogP contribution >= 0.6 is 0 Å². The van der Waals surface area contributed by atoms with Gasteiger partial charge in [-0.15, -0.1) is 0 Å². The van der Waals surface area contributed by atoms with Gasteiger partial charge in [0.2, 0.25) is 5.91 Å². The molecule has 1 aromatic carbocycles. The van der Waals surface area contributed by atoms with Crippen LogP contribution in [0, 0.1) is 0 Å². The summed E-state index contributed by atoms with van der Waals surface area (Å²) in [5.41, 5.74) is 3.32. The largest absolute Gasteiger partial charge is 0.490 e. The number of halogens is 3. The summed E-state index contributed by atoms with van der Waals surface area (Å²) in [7, 11) is 0. The van der Waals surface area contributed by atoms with E-state index in [9.17, 15) is 22.8 Å². The number of aromatic nitrogens is 1. The quantitative estimate of drug-likeness (QED) is 0.601. The molecule has 0 unspecified atom stereocenters. The van der Waals surface area contributed by atoms with Gasteiger partial charge in [-0.3, -0.25) is 9.59 Å². The molecule has 4 rings (SSSR count). The fourth-order valence-corrected chi connectivity index (χ4v) is 4.10. The number of carbonyl (C=O) groups excluding carboxylic acids is 2. The number of ketones is 1. The van der Waals surface area contributed by atoms with Crippen molar-refractivity contribution < 1.29 is 32.7 Å². The van der Waals surface area contributed by atoms with Crippen LogP contribution in [0.25, 0.3) is 0 Å². The minimum Gasteiger partial charge on any atom is -0.475 e. The van der Waals surface area contributed by atoms with Crippen LogP contribution in [-0.2, 0) is 22.4 Å². The van der Waals surface area contributed by atoms with Crippen LogP contribution < -0.4 is 10.2 Å². The lowest BCUT2D eigenvalue weighted by atomic mass is 9.97. The molecule has 36 heavy (non-hydrogen) atoms. The Labute approximate surface area is 207 Å². The number of nitrogens with one attached hydrogen (secondary N) is 1. The second kappa shape index (κ2) is 12.5. The van der Waals surface area contributed by atoms with Gasteiger partial charge in [-0.2, -0.15) is 13.2 Å². The van der Waals surface area contributed by atoms with E-state index in [0.29, 0.717) is 13.1 Å². The molecule has 1 saturated heterocycles. The fraction of sp³-hybridized carbons (Fsp3) is 0.440. The highest BCUT2D eigenvalue weighted by atomic mass is 19.4. The van der Waals surface area contributed by atoms with Crippen molar-refractivity contribution >= 4 is 23.5 Å². The van der Waals surface area contributed by atoms with Crippen molar-refractivity contribution in [3.8, 4) is 0 Å². The molecule has 2 aliphatic heterocycles. The lowest BCUT2D eigenvalue weighted by Gasteiger charge is -2.35. The Bertz CT molecular complexity index is 1060. The number of hydrogen-bond acceptors (Lipinski definition) is 6. The lowest BCUT2D eigenvalue weighted by Crippen LogP contribution is -2.49. The molecule has 1 fully saturated rings. The van der Waals surface area contributed by atoms with Gasteiger partial charge in [-0.1, -0.05) is 18.2 Å². The lowest BCUT2D eigenvalue weighted by molar-refractivity contribution is -0.192. The normalized spacial score (nSPS) is 15.8. The van der Waals surface area contributed by atoms with Crippen molar-refractivity contribution in [3.63, 3.8) is 0 Å². The molecule has 0 spiro atoms. The van der Waals surface area contributed by atoms with Crippen LogP contribution in [-0.4, -0.2) is 78.1 Å². The van der Waals surface area contributed by atoms with Crippen molar-refractivity contribution in [2.24, 2.45) is 0 Å². The summed E-state index contributed by atoms with van der Waals surface area (Å²) >= 11 is 0. The van der Waals surface area contributed by atoms with Crippen LogP contribution in [0.1, 0.15) is 34.3 Å². The molecular weight excluding hydrogens is 477 g/mol. The maximum Gasteiger partial charge on any atom is 0.490 e. The molecular formula is C25H29F3N4O4. The predicted molar refractivity (Wildman–Crippen MR) is 127 cm³/mol. The van der Waals surface area contributed by atoms with Crippen LogP contribution in [0.2, 0.25) is 0 Å². The summed E-state index contributed by atoms with van der Waals surface area (Å²) in [6.07, 6.45) is -0.780. The van der Waals surface area contributed by atoms with Crippen molar-refractivity contribution in [3.05, 3.63) is 59.3 Å². The molecule has 2 N–H and O–H groups in total. The van der Waals surface area contributed by atoms with Gasteiger partial charge >= 0.3 is 12.1 Å². The molecule has 2 aliphatic rings. The van der Waals surface area contributed by atoms with Crippen LogP contribution in [0.5, 0.6) is 0 Å². The maximum atomic E-state index is 12.6. The van der Waals surface area contributed by atoms with E-state index in [-0.39, 0.29) is 24.5 Å². The molecule has 1 amide bonds. The maximum absolute atomic E-state index is 12.6. The van der Waals surface area contributed by atoms with Gasteiger partial charge in [0.15, 0.2) is 5.78 Å². The van der Waals surface area contributed by atoms with Crippen molar-refractivity contribution in [2.45, 2.75) is 31.9 Å². The summed E-state index contributed by atoms with van der Waals surface area (Å²) in [4.78, 5) is 42.6. The van der Waals surface area contributed by atoms with Crippen molar-refractivity contribution in [1.82, 2.24) is 15.2 Å². The summed E-state index contributed by atoms with van der Waals surface area (Å²) in [5, 5.41) is 10.5. The number of carboxylic acids is 1. The average Bonchev–Trinajstić information content (AvgIpc) is 3.12. The van der Waals surface area contributed by atoms with E-state index in [0.717, 1.165) is 50.4 Å². The number of anilines is 1. The number of Topliss-reactive ketones (excluding diaryl/α,β-unsaturated/α-hetero) is 1. The summed E-state index contributed by atoms with van der Waals surface area (Å²) < 4.78 is 31.7. The van der Waals surface area contributed by atoms with E-state index in [1.807, 2.05) is 35.2 Å². The van der Waals surface area contributed by atoms with E-state index in [4.69, 9.17) is 9.90 Å². The van der Waals surface area contributed by atoms with Gasteiger partial charge in [0.05, 0.1) is 0 Å². The number of rotatable bonds is 5. The number of alkyl halides is 3. The second-order valence-corrected chi connectivity index (χ2v) is 8.52. The molecule has 0 atom stereocenters. The molecule has 0 radical (unpaired) electrons. The highest BCUT2D eigenvalue weighted by Gasteiger charge is 2.38. The third-order valence-electron chi connectivity index (χ3n) is 6.08.